The first kappa shape index (κ1) is 12.2. The lowest BCUT2D eigenvalue weighted by Gasteiger charge is -2.20. The molecule has 0 aliphatic carbocycles. The van der Waals surface area contributed by atoms with Crippen LogP contribution in [0, 0.1) is 5.92 Å². The van der Waals surface area contributed by atoms with Gasteiger partial charge in [-0.2, -0.15) is 0 Å². The molecular weight excluding hydrogens is 248 g/mol. The van der Waals surface area contributed by atoms with Crippen LogP contribution in [0.3, 0.4) is 0 Å². The fraction of sp³-hybridized carbons (Fsp3) is 0.583. The topological polar surface area (TPSA) is 89.3 Å². The third kappa shape index (κ3) is 1.99. The van der Waals surface area contributed by atoms with E-state index in [4.69, 9.17) is 0 Å². The maximum Gasteiger partial charge on any atom is 0.325 e. The molecule has 0 saturated carbocycles. The predicted octanol–water partition coefficient (Wildman–Crippen LogP) is -1.16. The van der Waals surface area contributed by atoms with Crippen LogP contribution in [-0.2, 0) is 0 Å². The largest absolute Gasteiger partial charge is 0.337 e. The molecule has 2 N–H and O–H groups in total. The first-order chi connectivity index (χ1) is 9.06. The Labute approximate surface area is 109 Å². The van der Waals surface area contributed by atoms with Crippen molar-refractivity contribution in [1.29, 1.82) is 0 Å². The van der Waals surface area contributed by atoms with Gasteiger partial charge in [-0.25, -0.2) is 4.79 Å². The van der Waals surface area contributed by atoms with Gasteiger partial charge in [0.15, 0.2) is 0 Å². The summed E-state index contributed by atoms with van der Waals surface area (Å²) in [5, 5.41) is 0. The number of likely N-dealkylation sites (N-methyl/N-ethyl adjacent to an activating group) is 1. The molecule has 2 saturated heterocycles. The summed E-state index contributed by atoms with van der Waals surface area (Å²) in [4.78, 5) is 43.2. The number of carbonyl (C=O) groups excluding carboxylic acids is 1. The highest BCUT2D eigenvalue weighted by molar-refractivity contribution is 5.93. The Hall–Kier alpha value is -1.89. The van der Waals surface area contributed by atoms with Crippen molar-refractivity contribution in [2.75, 3.05) is 26.7 Å². The molecular formula is C12H16N4O3. The monoisotopic (exact) mass is 264 g/mol. The van der Waals surface area contributed by atoms with E-state index in [9.17, 15) is 14.4 Å². The summed E-state index contributed by atoms with van der Waals surface area (Å²) in [5.74, 6) is 0.191. The molecule has 1 aromatic heterocycles. The molecule has 7 nitrogen and oxygen atoms in total. The van der Waals surface area contributed by atoms with Crippen LogP contribution in [0.5, 0.6) is 0 Å². The van der Waals surface area contributed by atoms with Crippen molar-refractivity contribution in [2.24, 2.45) is 5.92 Å². The van der Waals surface area contributed by atoms with Crippen molar-refractivity contribution in [3.63, 3.8) is 0 Å². The van der Waals surface area contributed by atoms with Gasteiger partial charge in [0.2, 0.25) is 0 Å². The Morgan fingerprint density at radius 1 is 1.37 bits per heavy atom. The number of rotatable bonds is 1. The summed E-state index contributed by atoms with van der Waals surface area (Å²) in [6.45, 7) is 2.40. The summed E-state index contributed by atoms with van der Waals surface area (Å²) < 4.78 is 0. The molecule has 0 spiro atoms. The van der Waals surface area contributed by atoms with Crippen molar-refractivity contribution in [2.45, 2.75) is 12.5 Å². The molecule has 102 valence electrons. The maximum absolute atomic E-state index is 12.3. The van der Waals surface area contributed by atoms with Crippen molar-refractivity contribution >= 4 is 5.91 Å². The summed E-state index contributed by atoms with van der Waals surface area (Å²) in [7, 11) is 2.06. The van der Waals surface area contributed by atoms with E-state index in [2.05, 4.69) is 21.9 Å². The molecule has 3 heterocycles. The Morgan fingerprint density at radius 2 is 2.16 bits per heavy atom. The summed E-state index contributed by atoms with van der Waals surface area (Å²) in [6, 6.07) is 0.394. The van der Waals surface area contributed by atoms with Crippen LogP contribution in [0.4, 0.5) is 0 Å². The third-order valence-electron chi connectivity index (χ3n) is 4.16. The lowest BCUT2D eigenvalue weighted by molar-refractivity contribution is 0.0772. The van der Waals surface area contributed by atoms with E-state index in [0.717, 1.165) is 13.0 Å². The Kier molecular flexibility index (Phi) is 2.78. The zero-order valence-electron chi connectivity index (χ0n) is 10.7. The number of nitrogens with one attached hydrogen (secondary N) is 2. The molecule has 7 heteroatoms. The van der Waals surface area contributed by atoms with E-state index >= 15 is 0 Å². The van der Waals surface area contributed by atoms with Gasteiger partial charge in [-0.05, 0) is 25.9 Å². The van der Waals surface area contributed by atoms with Gasteiger partial charge in [-0.3, -0.25) is 14.6 Å². The molecule has 0 radical (unpaired) electrons. The Bertz CT molecular complexity index is 620. The number of H-pyrrole nitrogens is 2. The lowest BCUT2D eigenvalue weighted by atomic mass is 10.1. The lowest BCUT2D eigenvalue weighted by Crippen LogP contribution is -2.38. The van der Waals surface area contributed by atoms with Crippen LogP contribution in [-0.4, -0.2) is 58.4 Å². The van der Waals surface area contributed by atoms with Crippen LogP contribution in [0.25, 0.3) is 0 Å². The van der Waals surface area contributed by atoms with Crippen LogP contribution in [0.1, 0.15) is 16.8 Å². The number of likely N-dealkylation sites (tertiary alicyclic amines) is 2. The van der Waals surface area contributed by atoms with Gasteiger partial charge in [0.1, 0.15) is 5.56 Å². The second kappa shape index (κ2) is 4.34. The number of carbonyl (C=O) groups is 1. The van der Waals surface area contributed by atoms with Crippen molar-refractivity contribution in [3.05, 3.63) is 32.6 Å². The van der Waals surface area contributed by atoms with Gasteiger partial charge >= 0.3 is 5.69 Å². The second-order valence-electron chi connectivity index (χ2n) is 5.29. The minimum absolute atomic E-state index is 0.00206. The molecule has 2 atom stereocenters. The molecule has 19 heavy (non-hydrogen) atoms. The van der Waals surface area contributed by atoms with E-state index in [1.54, 1.807) is 4.90 Å². The number of fused-ring (bicyclic) bond motifs is 1. The zero-order chi connectivity index (χ0) is 13.6. The molecule has 1 aromatic rings. The molecule has 0 aromatic carbocycles. The highest BCUT2D eigenvalue weighted by Gasteiger charge is 2.41. The number of hydrogen-bond acceptors (Lipinski definition) is 4. The molecule has 0 unspecified atom stereocenters. The van der Waals surface area contributed by atoms with Gasteiger partial charge in [0.05, 0.1) is 0 Å². The molecule has 1 amide bonds. The maximum atomic E-state index is 12.3. The summed E-state index contributed by atoms with van der Waals surface area (Å²) in [6.07, 6.45) is 2.29. The van der Waals surface area contributed by atoms with Crippen molar-refractivity contribution in [1.82, 2.24) is 19.8 Å². The first-order valence-electron chi connectivity index (χ1n) is 6.38. The van der Waals surface area contributed by atoms with Crippen molar-refractivity contribution in [3.8, 4) is 0 Å². The minimum atomic E-state index is -0.626. The third-order valence-corrected chi connectivity index (χ3v) is 4.16. The van der Waals surface area contributed by atoms with Gasteiger partial charge in [-0.1, -0.05) is 0 Å². The first-order valence-corrected chi connectivity index (χ1v) is 6.38. The molecule has 2 aliphatic heterocycles. The minimum Gasteiger partial charge on any atom is -0.337 e. The molecule has 2 aliphatic rings. The number of aromatic amines is 2. The fourth-order valence-corrected chi connectivity index (χ4v) is 3.08. The molecule has 3 rings (SSSR count). The van der Waals surface area contributed by atoms with Gasteiger partial charge < -0.3 is 14.8 Å². The van der Waals surface area contributed by atoms with E-state index in [1.807, 2.05) is 0 Å². The van der Waals surface area contributed by atoms with Gasteiger partial charge in [0, 0.05) is 25.3 Å². The van der Waals surface area contributed by atoms with E-state index in [1.165, 1.54) is 6.20 Å². The SMILES string of the molecule is CN1CC[C@H]2CN(C(=O)c3c[nH]c(=O)[nH]c3=O)C[C@H]21. The predicted molar refractivity (Wildman–Crippen MR) is 68.1 cm³/mol. The number of amides is 1. The van der Waals surface area contributed by atoms with Crippen LogP contribution >= 0.6 is 0 Å². The Morgan fingerprint density at radius 3 is 2.84 bits per heavy atom. The molecule has 0 bridgehead atoms. The van der Waals surface area contributed by atoms with Gasteiger partial charge in [-0.15, -0.1) is 0 Å². The number of hydrogen-bond donors (Lipinski definition) is 2. The van der Waals surface area contributed by atoms with Crippen LogP contribution in [0.15, 0.2) is 15.8 Å². The smallest absolute Gasteiger partial charge is 0.325 e. The van der Waals surface area contributed by atoms with Gasteiger partial charge in [0.25, 0.3) is 11.5 Å². The fourth-order valence-electron chi connectivity index (χ4n) is 3.08. The van der Waals surface area contributed by atoms with Crippen molar-refractivity contribution < 1.29 is 4.79 Å². The highest BCUT2D eigenvalue weighted by atomic mass is 16.2. The number of nitrogens with zero attached hydrogens (tertiary/aromatic N) is 2. The summed E-state index contributed by atoms with van der Waals surface area (Å²) in [5.41, 5.74) is -1.22. The van der Waals surface area contributed by atoms with Crippen LogP contribution in [0.2, 0.25) is 0 Å². The standard InChI is InChI=1S/C12H16N4O3/c1-15-3-2-7-5-16(6-9(7)15)11(18)8-4-13-12(19)14-10(8)17/h4,7,9H,2-3,5-6H2,1H3,(H2,13,14,17,19)/t7-,9+/m0/s1. The number of aromatic nitrogens is 2. The van der Waals surface area contributed by atoms with E-state index in [0.29, 0.717) is 25.0 Å². The van der Waals surface area contributed by atoms with E-state index in [-0.39, 0.29) is 11.5 Å². The molecule has 2 fully saturated rings. The highest BCUT2D eigenvalue weighted by Crippen LogP contribution is 2.30. The summed E-state index contributed by atoms with van der Waals surface area (Å²) >= 11 is 0. The van der Waals surface area contributed by atoms with E-state index < -0.39 is 11.2 Å². The Balaban J connectivity index is 1.82. The second-order valence-corrected chi connectivity index (χ2v) is 5.29. The van der Waals surface area contributed by atoms with Crippen LogP contribution < -0.4 is 11.2 Å². The average molecular weight is 264 g/mol. The normalized spacial score (nSPS) is 26.7. The zero-order valence-corrected chi connectivity index (χ0v) is 10.7. The average Bonchev–Trinajstić information content (AvgIpc) is 2.91. The quantitative estimate of drug-likeness (QED) is 0.669.